The molecule has 0 aromatic heterocycles. The molecular formula is C88H172N4Na2O20P2. The summed E-state index contributed by atoms with van der Waals surface area (Å²) in [5.74, 6) is -3.82. The summed E-state index contributed by atoms with van der Waals surface area (Å²) >= 11 is 0. The van der Waals surface area contributed by atoms with Crippen LogP contribution in [-0.2, 0) is 84.5 Å². The van der Waals surface area contributed by atoms with E-state index in [4.69, 9.17) is 37.0 Å². The number of esters is 2. The average molecular weight is 1710 g/mol. The number of phosphoric acid groups is 2. The Balaban J connectivity index is -0.00000288. The molecule has 24 nitrogen and oxygen atoms in total. The topological polar surface area (TPSA) is 333 Å². The first-order chi connectivity index (χ1) is 53.7. The number of hydrogen-bond acceptors (Lipinski definition) is 18. The summed E-state index contributed by atoms with van der Waals surface area (Å²) in [6, 6.07) is -2.00. The second-order valence-corrected chi connectivity index (χ2v) is 32.9. The van der Waals surface area contributed by atoms with Crippen LogP contribution in [0.3, 0.4) is 0 Å². The molecule has 0 heterocycles. The number of ether oxygens (including phenoxy) is 4. The minimum absolute atomic E-state index is 0. The van der Waals surface area contributed by atoms with Gasteiger partial charge in [0, 0.05) is 51.6 Å². The van der Waals surface area contributed by atoms with Crippen LogP contribution in [-0.4, -0.2) is 147 Å². The van der Waals surface area contributed by atoms with Gasteiger partial charge in [-0.2, -0.15) is 0 Å². The molecular weight excluding hydrogens is 1540 g/mol. The number of allylic oxidation sites excluding steroid dienone is 4. The van der Waals surface area contributed by atoms with Crippen molar-refractivity contribution in [1.29, 1.82) is 0 Å². The molecule has 6 atom stereocenters. The van der Waals surface area contributed by atoms with Crippen LogP contribution in [0.4, 0.5) is 0 Å². The number of amides is 4. The third-order valence-electron chi connectivity index (χ3n) is 19.1. The van der Waals surface area contributed by atoms with E-state index in [0.717, 1.165) is 154 Å². The van der Waals surface area contributed by atoms with Crippen molar-refractivity contribution in [2.24, 2.45) is 0 Å². The van der Waals surface area contributed by atoms with Crippen LogP contribution in [0.1, 0.15) is 407 Å². The molecule has 0 aromatic carbocycles. The molecule has 0 aromatic rings. The van der Waals surface area contributed by atoms with Crippen molar-refractivity contribution >= 4 is 62.8 Å². The number of Topliss-reactive ketones (excluding diaryl/α,β-unsaturated/α-hetero) is 2. The molecule has 4 unspecified atom stereocenters. The Bertz CT molecular complexity index is 2360. The molecule has 6 N–H and O–H groups in total. The molecule has 28 heteroatoms. The van der Waals surface area contributed by atoms with Crippen molar-refractivity contribution in [2.45, 2.75) is 428 Å². The number of nitrogens with one attached hydrogen (secondary N) is 4. The molecule has 0 bridgehead atoms. The summed E-state index contributed by atoms with van der Waals surface area (Å²) in [6.45, 7) is 10.1. The second-order valence-electron chi connectivity index (χ2n) is 30.0. The quantitative estimate of drug-likeness (QED) is 0.00823. The van der Waals surface area contributed by atoms with Gasteiger partial charge in [-0.25, -0.2) is 9.13 Å². The summed E-state index contributed by atoms with van der Waals surface area (Å²) in [6.07, 6.45) is 53.7. The van der Waals surface area contributed by atoms with Crippen LogP contribution in [0.25, 0.3) is 0 Å². The van der Waals surface area contributed by atoms with E-state index < -0.39 is 109 Å². The van der Waals surface area contributed by atoms with Gasteiger partial charge in [-0.1, -0.05) is 281 Å². The largest absolute Gasteiger partial charge is 1.00 e. The average Bonchev–Trinajstić information content (AvgIpc) is 0.907. The maximum atomic E-state index is 13.3. The van der Waals surface area contributed by atoms with Crippen molar-refractivity contribution in [3.8, 4) is 0 Å². The van der Waals surface area contributed by atoms with Crippen LogP contribution in [0.5, 0.6) is 0 Å². The number of carbonyl (C=O) groups excluding carboxylic acids is 8. The molecule has 0 aliphatic heterocycles. The summed E-state index contributed by atoms with van der Waals surface area (Å²) in [4.78, 5) is 125. The van der Waals surface area contributed by atoms with Crippen LogP contribution in [0.2, 0.25) is 0 Å². The van der Waals surface area contributed by atoms with Gasteiger partial charge in [-0.3, -0.25) is 56.5 Å². The summed E-state index contributed by atoms with van der Waals surface area (Å²) in [5.41, 5.74) is 0. The predicted molar refractivity (Wildman–Crippen MR) is 464 cm³/mol. The minimum Gasteiger partial charge on any atom is -1.00 e. The first-order valence-electron chi connectivity index (χ1n) is 43.9. The van der Waals surface area contributed by atoms with Crippen molar-refractivity contribution in [2.75, 3.05) is 65.9 Å². The monoisotopic (exact) mass is 1710 g/mol. The fourth-order valence-corrected chi connectivity index (χ4v) is 14.0. The standard InChI is InChI=1S/C85H158N4O20P2.3CH4.2Na.2H/c1-7-13-19-25-29-33-37-43-47-53-76(90)67-82(94)88-74(70-102-63-59-78(55-49-41-23-17-11-5)108-84(96)57-51-45-39-35-31-27-21-15-9-3)72-106-110(98,99)104-65-61-86-80(92)69-81(93)87-62-66-105-111(100,101)107-73-75(89-83(95)68-77(91)54-48-44-38-34-30-26-20-14-8-2)71-103-64-60-79(56-50-42-24-18-12-6)109-85(97)58-52-46-40-36-32-28-22-16-10-4;;;;;;;/h35-36,39-40,74-75,78-79H,7-34,37-38,41-73H2,1-6H3,(H,86,92)(H,87,93)(H,88,94)(H,89,95)(H,98,99)(H,100,101);3*1H4;;;;/q;;;;2*+1;2*-1/b39-35-,40-36-;;;;;;;/t74?,75?,78-,79-;;;;;;;/m1......./s1. The summed E-state index contributed by atoms with van der Waals surface area (Å²) in [7, 11) is -9.66. The number of unbranched alkanes of at least 4 members (excludes halogenated alkanes) is 34. The first kappa shape index (κ1) is 125. The fourth-order valence-electron chi connectivity index (χ4n) is 12.5. The van der Waals surface area contributed by atoms with Gasteiger partial charge in [-0.15, -0.1) is 0 Å². The van der Waals surface area contributed by atoms with E-state index in [1.54, 1.807) is 0 Å². The van der Waals surface area contributed by atoms with Crippen molar-refractivity contribution in [1.82, 2.24) is 21.3 Å². The van der Waals surface area contributed by atoms with E-state index in [1.165, 1.54) is 89.9 Å². The number of carbonyl (C=O) groups is 8. The number of phosphoric ester groups is 2. The van der Waals surface area contributed by atoms with E-state index in [0.29, 0.717) is 64.2 Å². The molecule has 0 aliphatic rings. The van der Waals surface area contributed by atoms with Gasteiger partial charge < -0.3 is 52.9 Å². The maximum Gasteiger partial charge on any atom is 1.00 e. The third-order valence-corrected chi connectivity index (χ3v) is 21.0. The molecule has 0 spiro atoms. The molecule has 0 fully saturated rings. The Hall–Kier alpha value is -2.22. The Morgan fingerprint density at radius 2 is 0.612 bits per heavy atom. The zero-order chi connectivity index (χ0) is 81.8. The number of hydrogen-bond donors (Lipinski definition) is 6. The van der Waals surface area contributed by atoms with Crippen LogP contribution < -0.4 is 80.4 Å². The van der Waals surface area contributed by atoms with Gasteiger partial charge in [0.05, 0.1) is 77.8 Å². The Morgan fingerprint density at radius 1 is 0.328 bits per heavy atom. The molecule has 0 radical (unpaired) electrons. The number of ketones is 2. The molecule has 4 amide bonds. The summed E-state index contributed by atoms with van der Waals surface area (Å²) in [5, 5.41) is 10.2. The van der Waals surface area contributed by atoms with Crippen molar-refractivity contribution in [3.63, 3.8) is 0 Å². The van der Waals surface area contributed by atoms with Gasteiger partial charge in [0.25, 0.3) is 0 Å². The maximum absolute atomic E-state index is 13.3. The van der Waals surface area contributed by atoms with E-state index >= 15 is 0 Å². The van der Waals surface area contributed by atoms with E-state index in [-0.39, 0.29) is 160 Å². The van der Waals surface area contributed by atoms with Crippen molar-refractivity contribution < 1.29 is 156 Å². The van der Waals surface area contributed by atoms with Gasteiger partial charge in [0.1, 0.15) is 30.2 Å². The second kappa shape index (κ2) is 90.5. The van der Waals surface area contributed by atoms with Crippen LogP contribution in [0, 0.1) is 0 Å². The molecule has 676 valence electrons. The Kier molecular flexibility index (Phi) is 97.2. The molecule has 0 rings (SSSR count). The van der Waals surface area contributed by atoms with Crippen molar-refractivity contribution in [3.05, 3.63) is 24.3 Å². The first-order valence-corrected chi connectivity index (χ1v) is 46.9. The van der Waals surface area contributed by atoms with Crippen LogP contribution >= 0.6 is 15.6 Å². The van der Waals surface area contributed by atoms with Gasteiger partial charge in [-0.05, 0) is 89.9 Å². The van der Waals surface area contributed by atoms with E-state index in [2.05, 4.69) is 87.1 Å². The normalized spacial score (nSPS) is 13.2. The SMILES string of the molecule is C.C.C.CCCCCC/C=C\CCCC(=O)O[C@H](CCCCCCC)CCOCC(COP(=O)(O)OCCNC(=O)CC(=O)NCCOP(=O)(O)OCC(COCC[C@@H](CCCCCCC)OC(=O)CCC/C=C\CCCCCC)NC(=O)CC(=O)CCCCCCCCCCC)NC(=O)CC(=O)CCCCCCCCCCC.[H-].[H-].[Na+].[Na+]. The molecule has 0 saturated carbocycles. The fraction of sp³-hybridized carbons (Fsp3) is 0.864. The van der Waals surface area contributed by atoms with E-state index in [1.807, 2.05) is 0 Å². The zero-order valence-corrected chi connectivity index (χ0v) is 78.1. The number of rotatable bonds is 84. The Morgan fingerprint density at radius 3 is 0.931 bits per heavy atom. The zero-order valence-electron chi connectivity index (χ0n) is 74.3. The van der Waals surface area contributed by atoms with Gasteiger partial charge in [0.15, 0.2) is 0 Å². The molecule has 0 saturated heterocycles. The smallest absolute Gasteiger partial charge is 1.00 e. The summed E-state index contributed by atoms with van der Waals surface area (Å²) < 4.78 is 71.0. The minimum atomic E-state index is -4.83. The van der Waals surface area contributed by atoms with Crippen LogP contribution in [0.15, 0.2) is 24.3 Å². The predicted octanol–water partition coefficient (Wildman–Crippen LogP) is 15.5. The molecule has 116 heavy (non-hydrogen) atoms. The van der Waals surface area contributed by atoms with E-state index in [9.17, 15) is 57.3 Å². The van der Waals surface area contributed by atoms with Gasteiger partial charge in [0.2, 0.25) is 23.6 Å². The molecule has 0 aliphatic carbocycles. The Labute approximate surface area is 753 Å². The van der Waals surface area contributed by atoms with Gasteiger partial charge >= 0.3 is 86.7 Å². The third kappa shape index (κ3) is 86.7.